The molecule has 0 aliphatic heterocycles. The van der Waals surface area contributed by atoms with Crippen LogP contribution in [0.15, 0.2) is 36.4 Å². The molecule has 27 heavy (non-hydrogen) atoms. The molecule has 0 spiro atoms. The summed E-state index contributed by atoms with van der Waals surface area (Å²) >= 11 is 0. The maximum Gasteiger partial charge on any atom is 0.331 e. The molecule has 0 heterocycles. The van der Waals surface area contributed by atoms with Crippen LogP contribution >= 0.6 is 0 Å². The first kappa shape index (κ1) is 20.2. The largest absolute Gasteiger partial charge is 0.497 e. The van der Waals surface area contributed by atoms with Crippen LogP contribution in [0.25, 0.3) is 6.08 Å². The van der Waals surface area contributed by atoms with Crippen LogP contribution in [-0.4, -0.2) is 32.6 Å². The molecule has 0 saturated carbocycles. The summed E-state index contributed by atoms with van der Waals surface area (Å²) in [6.07, 6.45) is 2.86. The molecule has 5 nitrogen and oxygen atoms in total. The lowest BCUT2D eigenvalue weighted by atomic mass is 9.98. The van der Waals surface area contributed by atoms with Gasteiger partial charge in [0.2, 0.25) is 5.78 Å². The van der Waals surface area contributed by atoms with Crippen LogP contribution in [0.5, 0.6) is 11.5 Å². The summed E-state index contributed by atoms with van der Waals surface area (Å²) in [6, 6.07) is 9.05. The van der Waals surface area contributed by atoms with Crippen molar-refractivity contribution in [3.8, 4) is 11.5 Å². The zero-order valence-corrected chi connectivity index (χ0v) is 16.3. The lowest BCUT2D eigenvalue weighted by Gasteiger charge is -2.09. The Kier molecular flexibility index (Phi) is 6.77. The number of rotatable bonds is 7. The third kappa shape index (κ3) is 5.45. The number of esters is 1. The van der Waals surface area contributed by atoms with Gasteiger partial charge in [-0.1, -0.05) is 6.07 Å². The molecular weight excluding hydrogens is 344 g/mol. The van der Waals surface area contributed by atoms with E-state index in [9.17, 15) is 9.59 Å². The fourth-order valence-corrected chi connectivity index (χ4v) is 2.61. The molecule has 0 saturated heterocycles. The topological polar surface area (TPSA) is 61.8 Å². The molecule has 0 aliphatic rings. The van der Waals surface area contributed by atoms with Crippen LogP contribution in [0.2, 0.25) is 0 Å². The first-order valence-corrected chi connectivity index (χ1v) is 8.53. The zero-order chi connectivity index (χ0) is 20.0. The monoisotopic (exact) mass is 368 g/mol. The van der Waals surface area contributed by atoms with Crippen LogP contribution < -0.4 is 9.47 Å². The van der Waals surface area contributed by atoms with Gasteiger partial charge in [0.05, 0.1) is 14.2 Å². The van der Waals surface area contributed by atoms with Crippen LogP contribution in [0.4, 0.5) is 0 Å². The van der Waals surface area contributed by atoms with E-state index in [1.165, 1.54) is 6.08 Å². The van der Waals surface area contributed by atoms with Gasteiger partial charge in [-0.2, -0.15) is 0 Å². The van der Waals surface area contributed by atoms with Crippen molar-refractivity contribution in [3.63, 3.8) is 0 Å². The number of aryl methyl sites for hydroxylation is 3. The van der Waals surface area contributed by atoms with E-state index in [-0.39, 0.29) is 12.4 Å². The number of hydrogen-bond acceptors (Lipinski definition) is 5. The number of methoxy groups -OCH3 is 2. The summed E-state index contributed by atoms with van der Waals surface area (Å²) in [6.45, 7) is 5.52. The molecule has 0 atom stereocenters. The summed E-state index contributed by atoms with van der Waals surface area (Å²) in [4.78, 5) is 24.3. The molecule has 2 rings (SSSR count). The van der Waals surface area contributed by atoms with Crippen molar-refractivity contribution in [1.29, 1.82) is 0 Å². The minimum Gasteiger partial charge on any atom is -0.497 e. The number of ether oxygens (including phenoxy) is 3. The van der Waals surface area contributed by atoms with Crippen molar-refractivity contribution >= 4 is 17.8 Å². The Morgan fingerprint density at radius 3 is 2.04 bits per heavy atom. The van der Waals surface area contributed by atoms with E-state index in [4.69, 9.17) is 14.2 Å². The average molecular weight is 368 g/mol. The highest BCUT2D eigenvalue weighted by Gasteiger charge is 2.12. The summed E-state index contributed by atoms with van der Waals surface area (Å²) < 4.78 is 15.5. The highest BCUT2D eigenvalue weighted by Crippen LogP contribution is 2.23. The molecule has 0 amide bonds. The summed E-state index contributed by atoms with van der Waals surface area (Å²) in [5.74, 6) is 0.414. The zero-order valence-electron chi connectivity index (χ0n) is 16.3. The Hall–Kier alpha value is -3.08. The van der Waals surface area contributed by atoms with Crippen molar-refractivity contribution in [2.24, 2.45) is 0 Å². The van der Waals surface area contributed by atoms with Crippen LogP contribution in [0.3, 0.4) is 0 Å². The van der Waals surface area contributed by atoms with Gasteiger partial charge in [-0.3, -0.25) is 4.79 Å². The number of carbonyl (C=O) groups is 2. The van der Waals surface area contributed by atoms with Gasteiger partial charge in [-0.25, -0.2) is 4.79 Å². The van der Waals surface area contributed by atoms with Crippen LogP contribution in [0, 0.1) is 20.8 Å². The van der Waals surface area contributed by atoms with E-state index in [0.717, 1.165) is 22.3 Å². The number of hydrogen-bond donors (Lipinski definition) is 0. The summed E-state index contributed by atoms with van der Waals surface area (Å²) in [5, 5.41) is 0. The molecule has 142 valence electrons. The molecule has 0 fully saturated rings. The van der Waals surface area contributed by atoms with Crippen molar-refractivity contribution in [1.82, 2.24) is 0 Å². The number of Topliss-reactive ketones (excluding diaryl/α,β-unsaturated/α-hetero) is 1. The van der Waals surface area contributed by atoms with Crippen LogP contribution in [-0.2, 0) is 9.53 Å². The lowest BCUT2D eigenvalue weighted by Crippen LogP contribution is -2.14. The van der Waals surface area contributed by atoms with Gasteiger partial charge in [-0.05, 0) is 67.3 Å². The molecule has 0 unspecified atom stereocenters. The van der Waals surface area contributed by atoms with Gasteiger partial charge in [0, 0.05) is 17.7 Å². The van der Waals surface area contributed by atoms with E-state index in [1.54, 1.807) is 38.5 Å². The number of carbonyl (C=O) groups excluding carboxylic acids is 2. The summed E-state index contributed by atoms with van der Waals surface area (Å²) in [7, 11) is 3.11. The molecule has 2 aromatic carbocycles. The molecule has 0 N–H and O–H groups in total. The Bertz CT molecular complexity index is 858. The Labute approximate surface area is 159 Å². The highest BCUT2D eigenvalue weighted by atomic mass is 16.5. The molecule has 0 aromatic heterocycles. The SMILES string of the molecule is COc1cc(/C=C/C(=O)OCC(=O)c2cc(C)c(C)cc2C)cc(OC)c1. The Morgan fingerprint density at radius 2 is 1.44 bits per heavy atom. The van der Waals surface area contributed by atoms with Crippen LogP contribution in [0.1, 0.15) is 32.6 Å². The normalized spacial score (nSPS) is 10.7. The second kappa shape index (κ2) is 9.03. The maximum atomic E-state index is 12.3. The summed E-state index contributed by atoms with van der Waals surface area (Å²) in [5.41, 5.74) is 4.32. The molecule has 5 heteroatoms. The smallest absolute Gasteiger partial charge is 0.331 e. The number of benzene rings is 2. The second-order valence-electron chi connectivity index (χ2n) is 6.26. The van der Waals surface area contributed by atoms with Crippen molar-refractivity contribution in [3.05, 3.63) is 64.2 Å². The lowest BCUT2D eigenvalue weighted by molar-refractivity contribution is -0.136. The van der Waals surface area contributed by atoms with Gasteiger partial charge < -0.3 is 14.2 Å². The van der Waals surface area contributed by atoms with E-state index < -0.39 is 5.97 Å². The molecule has 0 aliphatic carbocycles. The molecule has 0 bridgehead atoms. The first-order chi connectivity index (χ1) is 12.8. The highest BCUT2D eigenvalue weighted by molar-refractivity contribution is 6.00. The van der Waals surface area contributed by atoms with Crippen molar-refractivity contribution < 1.29 is 23.8 Å². The second-order valence-corrected chi connectivity index (χ2v) is 6.26. The van der Waals surface area contributed by atoms with Gasteiger partial charge in [0.1, 0.15) is 11.5 Å². The molecule has 0 radical (unpaired) electrons. The first-order valence-electron chi connectivity index (χ1n) is 8.53. The van der Waals surface area contributed by atoms with Gasteiger partial charge >= 0.3 is 5.97 Å². The van der Waals surface area contributed by atoms with E-state index >= 15 is 0 Å². The number of ketones is 1. The third-order valence-electron chi connectivity index (χ3n) is 4.27. The van der Waals surface area contributed by atoms with Gasteiger partial charge in [0.25, 0.3) is 0 Å². The van der Waals surface area contributed by atoms with E-state index in [1.807, 2.05) is 32.9 Å². The molecular formula is C22H24O5. The van der Waals surface area contributed by atoms with Crippen molar-refractivity contribution in [2.45, 2.75) is 20.8 Å². The molecule has 2 aromatic rings. The predicted molar refractivity (Wildman–Crippen MR) is 105 cm³/mol. The van der Waals surface area contributed by atoms with Gasteiger partial charge in [0.15, 0.2) is 6.61 Å². The quantitative estimate of drug-likeness (QED) is 0.419. The fraction of sp³-hybridized carbons (Fsp3) is 0.273. The standard InChI is InChI=1S/C22H24O5/c1-14-8-16(3)20(9-15(14)2)21(23)13-27-22(24)7-6-17-10-18(25-4)12-19(11-17)26-5/h6-12H,13H2,1-5H3/b7-6+. The predicted octanol–water partition coefficient (Wildman–Crippen LogP) is 4.07. The van der Waals surface area contributed by atoms with Gasteiger partial charge in [-0.15, -0.1) is 0 Å². The third-order valence-corrected chi connectivity index (χ3v) is 4.27. The van der Waals surface area contributed by atoms with Crippen molar-refractivity contribution in [2.75, 3.05) is 20.8 Å². The fourth-order valence-electron chi connectivity index (χ4n) is 2.61. The minimum absolute atomic E-state index is 0.222. The maximum absolute atomic E-state index is 12.3. The Balaban J connectivity index is 2.01. The Morgan fingerprint density at radius 1 is 0.852 bits per heavy atom. The minimum atomic E-state index is -0.591. The van der Waals surface area contributed by atoms with E-state index in [0.29, 0.717) is 17.1 Å². The average Bonchev–Trinajstić information content (AvgIpc) is 2.66. The van der Waals surface area contributed by atoms with E-state index in [2.05, 4.69) is 0 Å².